The van der Waals surface area contributed by atoms with Gasteiger partial charge in [0, 0.05) is 12.5 Å². The molecule has 0 spiro atoms. The molecule has 0 aliphatic heterocycles. The Morgan fingerprint density at radius 3 is 2.59 bits per heavy atom. The summed E-state index contributed by atoms with van der Waals surface area (Å²) in [5.74, 6) is 0.895. The van der Waals surface area contributed by atoms with Crippen molar-refractivity contribution in [2.75, 3.05) is 0 Å². The highest BCUT2D eigenvalue weighted by Crippen LogP contribution is 2.46. The van der Waals surface area contributed by atoms with Crippen LogP contribution in [0.2, 0.25) is 0 Å². The van der Waals surface area contributed by atoms with Crippen LogP contribution >= 0.6 is 0 Å². The molecule has 1 aromatic heterocycles. The molecular weight excluding hydrogens is 272 g/mol. The molecule has 2 aromatic rings. The van der Waals surface area contributed by atoms with Crippen molar-refractivity contribution in [3.8, 4) is 0 Å². The summed E-state index contributed by atoms with van der Waals surface area (Å²) in [6.45, 7) is 4.31. The number of hydrogen-bond donors (Lipinski definition) is 0. The average molecular weight is 294 g/mol. The van der Waals surface area contributed by atoms with Gasteiger partial charge < -0.3 is 4.57 Å². The third kappa shape index (κ3) is 2.20. The van der Waals surface area contributed by atoms with E-state index in [4.69, 9.17) is 0 Å². The van der Waals surface area contributed by atoms with Gasteiger partial charge in [-0.25, -0.2) is 4.98 Å². The SMILES string of the molecule is CC1(C)CC(=O)c2c(ncn2C2CC(c3ccccc3)C2)C1. The number of ketones is 1. The lowest BCUT2D eigenvalue weighted by Gasteiger charge is -2.38. The van der Waals surface area contributed by atoms with Crippen LogP contribution in [-0.2, 0) is 6.42 Å². The molecule has 3 heteroatoms. The molecule has 0 bridgehead atoms. The van der Waals surface area contributed by atoms with E-state index >= 15 is 0 Å². The molecule has 0 unspecified atom stereocenters. The number of hydrogen-bond acceptors (Lipinski definition) is 2. The van der Waals surface area contributed by atoms with Crippen molar-refractivity contribution in [1.82, 2.24) is 9.55 Å². The van der Waals surface area contributed by atoms with Gasteiger partial charge in [-0.15, -0.1) is 0 Å². The summed E-state index contributed by atoms with van der Waals surface area (Å²) in [6, 6.07) is 11.1. The monoisotopic (exact) mass is 294 g/mol. The Kier molecular flexibility index (Phi) is 3.00. The first-order chi connectivity index (χ1) is 10.5. The Labute approximate surface area is 131 Å². The molecule has 0 N–H and O–H groups in total. The molecule has 22 heavy (non-hydrogen) atoms. The molecule has 2 aliphatic carbocycles. The van der Waals surface area contributed by atoms with Crippen LogP contribution in [0, 0.1) is 5.41 Å². The van der Waals surface area contributed by atoms with Gasteiger partial charge in [0.1, 0.15) is 5.69 Å². The van der Waals surface area contributed by atoms with E-state index in [1.54, 1.807) is 0 Å². The Bertz CT molecular complexity index is 708. The van der Waals surface area contributed by atoms with Gasteiger partial charge >= 0.3 is 0 Å². The lowest BCUT2D eigenvalue weighted by molar-refractivity contribution is 0.0892. The first-order valence-electron chi connectivity index (χ1n) is 8.17. The van der Waals surface area contributed by atoms with Crippen molar-refractivity contribution in [1.29, 1.82) is 0 Å². The number of carbonyl (C=O) groups excluding carboxylic acids is 1. The summed E-state index contributed by atoms with van der Waals surface area (Å²) in [7, 11) is 0. The van der Waals surface area contributed by atoms with Crippen molar-refractivity contribution < 1.29 is 4.79 Å². The first-order valence-corrected chi connectivity index (χ1v) is 8.17. The standard InChI is InChI=1S/C19H22N2O/c1-19(2)10-16-18(17(22)11-19)21(12-20-16)15-8-14(9-15)13-6-4-3-5-7-13/h3-7,12,14-15H,8-11H2,1-2H3. The van der Waals surface area contributed by atoms with Crippen LogP contribution in [0.3, 0.4) is 0 Å². The minimum atomic E-state index is 0.0510. The van der Waals surface area contributed by atoms with Gasteiger partial charge in [0.2, 0.25) is 0 Å². The van der Waals surface area contributed by atoms with Crippen LogP contribution in [0.5, 0.6) is 0 Å². The fourth-order valence-corrected chi connectivity index (χ4v) is 3.96. The fraction of sp³-hybridized carbons (Fsp3) is 0.474. The molecular formula is C19H22N2O. The highest BCUT2D eigenvalue weighted by molar-refractivity contribution is 5.97. The number of benzene rings is 1. The van der Waals surface area contributed by atoms with E-state index < -0.39 is 0 Å². The summed E-state index contributed by atoms with van der Waals surface area (Å²) >= 11 is 0. The molecule has 1 fully saturated rings. The van der Waals surface area contributed by atoms with Crippen LogP contribution in [0.1, 0.15) is 66.8 Å². The number of Topliss-reactive ketones (excluding diaryl/α,β-unsaturated/α-hetero) is 1. The van der Waals surface area contributed by atoms with Crippen LogP contribution < -0.4 is 0 Å². The van der Waals surface area contributed by atoms with Gasteiger partial charge in [-0.05, 0) is 36.2 Å². The predicted molar refractivity (Wildman–Crippen MR) is 86.1 cm³/mol. The van der Waals surface area contributed by atoms with Gasteiger partial charge in [0.15, 0.2) is 5.78 Å². The Hall–Kier alpha value is -1.90. The Balaban J connectivity index is 1.55. The molecule has 1 aromatic carbocycles. The number of carbonyl (C=O) groups is 1. The quantitative estimate of drug-likeness (QED) is 0.833. The third-order valence-electron chi connectivity index (χ3n) is 5.20. The zero-order valence-corrected chi connectivity index (χ0v) is 13.2. The second-order valence-electron chi connectivity index (χ2n) is 7.62. The number of imidazole rings is 1. The van der Waals surface area contributed by atoms with Crippen molar-refractivity contribution in [3.63, 3.8) is 0 Å². The minimum Gasteiger partial charge on any atom is -0.325 e. The van der Waals surface area contributed by atoms with Gasteiger partial charge in [-0.2, -0.15) is 0 Å². The van der Waals surface area contributed by atoms with E-state index in [2.05, 4.69) is 53.7 Å². The normalized spacial score (nSPS) is 26.4. The molecule has 0 saturated heterocycles. The zero-order chi connectivity index (χ0) is 15.3. The fourth-order valence-electron chi connectivity index (χ4n) is 3.96. The molecule has 1 heterocycles. The number of nitrogens with zero attached hydrogens (tertiary/aromatic N) is 2. The predicted octanol–water partition coefficient (Wildman–Crippen LogP) is 4.16. The molecule has 0 atom stereocenters. The minimum absolute atomic E-state index is 0.0510. The van der Waals surface area contributed by atoms with Crippen molar-refractivity contribution in [2.45, 2.75) is 51.5 Å². The molecule has 0 radical (unpaired) electrons. The summed E-state index contributed by atoms with van der Waals surface area (Å²) in [4.78, 5) is 17.1. The Morgan fingerprint density at radius 1 is 1.14 bits per heavy atom. The van der Waals surface area contributed by atoms with Gasteiger partial charge in [0.05, 0.1) is 12.0 Å². The summed E-state index contributed by atoms with van der Waals surface area (Å²) in [5.41, 5.74) is 3.36. The van der Waals surface area contributed by atoms with E-state index in [-0.39, 0.29) is 11.2 Å². The largest absolute Gasteiger partial charge is 0.325 e. The van der Waals surface area contributed by atoms with Gasteiger partial charge in [-0.1, -0.05) is 44.2 Å². The van der Waals surface area contributed by atoms with E-state index in [0.717, 1.165) is 30.7 Å². The van der Waals surface area contributed by atoms with E-state index in [1.165, 1.54) is 5.56 Å². The maximum atomic E-state index is 12.5. The summed E-state index contributed by atoms with van der Waals surface area (Å²) < 4.78 is 2.16. The number of fused-ring (bicyclic) bond motifs is 1. The molecule has 2 aliphatic rings. The highest BCUT2D eigenvalue weighted by Gasteiger charge is 2.38. The van der Waals surface area contributed by atoms with E-state index in [9.17, 15) is 4.79 Å². The lowest BCUT2D eigenvalue weighted by atomic mass is 9.74. The summed E-state index contributed by atoms with van der Waals surface area (Å²) in [6.07, 6.45) is 5.68. The molecule has 0 amide bonds. The number of aromatic nitrogens is 2. The maximum Gasteiger partial charge on any atom is 0.181 e. The number of rotatable bonds is 2. The Morgan fingerprint density at radius 2 is 1.86 bits per heavy atom. The van der Waals surface area contributed by atoms with Crippen molar-refractivity contribution in [3.05, 3.63) is 53.6 Å². The smallest absolute Gasteiger partial charge is 0.181 e. The molecule has 1 saturated carbocycles. The van der Waals surface area contributed by atoms with Crippen LogP contribution in [0.4, 0.5) is 0 Å². The van der Waals surface area contributed by atoms with Gasteiger partial charge in [0.25, 0.3) is 0 Å². The molecule has 114 valence electrons. The third-order valence-corrected chi connectivity index (χ3v) is 5.20. The molecule has 4 rings (SSSR count). The van der Waals surface area contributed by atoms with Crippen molar-refractivity contribution >= 4 is 5.78 Å². The average Bonchev–Trinajstić information content (AvgIpc) is 2.80. The van der Waals surface area contributed by atoms with E-state index in [1.807, 2.05) is 6.33 Å². The topological polar surface area (TPSA) is 34.9 Å². The lowest BCUT2D eigenvalue weighted by Crippen LogP contribution is -2.32. The van der Waals surface area contributed by atoms with Gasteiger partial charge in [-0.3, -0.25) is 4.79 Å². The van der Waals surface area contributed by atoms with Crippen LogP contribution in [0.15, 0.2) is 36.7 Å². The summed E-state index contributed by atoms with van der Waals surface area (Å²) in [5, 5.41) is 0. The first kappa shape index (κ1) is 13.7. The van der Waals surface area contributed by atoms with Crippen molar-refractivity contribution in [2.24, 2.45) is 5.41 Å². The molecule has 3 nitrogen and oxygen atoms in total. The maximum absolute atomic E-state index is 12.5. The van der Waals surface area contributed by atoms with Crippen LogP contribution in [0.25, 0.3) is 0 Å². The second kappa shape index (κ2) is 4.80. The second-order valence-corrected chi connectivity index (χ2v) is 7.62. The zero-order valence-electron chi connectivity index (χ0n) is 13.2. The van der Waals surface area contributed by atoms with Crippen LogP contribution in [-0.4, -0.2) is 15.3 Å². The highest BCUT2D eigenvalue weighted by atomic mass is 16.1. The van der Waals surface area contributed by atoms with E-state index in [0.29, 0.717) is 18.4 Å².